The Hall–Kier alpha value is -4.65. The third kappa shape index (κ3) is 13.2. The van der Waals surface area contributed by atoms with Gasteiger partial charge in [-0.2, -0.15) is 0 Å². The molecule has 1 saturated heterocycles. The molecule has 2 rings (SSSR count). The first-order valence-corrected chi connectivity index (χ1v) is 16.4. The van der Waals surface area contributed by atoms with Crippen LogP contribution >= 0.6 is 0 Å². The number of carbonyl (C=O) groups excluding carboxylic acids is 5. The van der Waals surface area contributed by atoms with Gasteiger partial charge in [0.05, 0.1) is 25.0 Å². The van der Waals surface area contributed by atoms with E-state index in [4.69, 9.17) is 14.6 Å². The number of esters is 1. The van der Waals surface area contributed by atoms with Crippen LogP contribution in [0, 0.1) is 11.8 Å². The second kappa shape index (κ2) is 19.7. The average Bonchev–Trinajstić information content (AvgIpc) is 3.06. The maximum atomic E-state index is 13.1. The molecule has 0 unspecified atom stereocenters. The number of benzene rings is 1. The minimum atomic E-state index is -1.85. The summed E-state index contributed by atoms with van der Waals surface area (Å²) in [6.45, 7) is 7.41. The van der Waals surface area contributed by atoms with Crippen LogP contribution in [0.15, 0.2) is 18.2 Å². The van der Waals surface area contributed by atoms with Crippen molar-refractivity contribution < 1.29 is 68.6 Å². The Balaban J connectivity index is 2.13. The summed E-state index contributed by atoms with van der Waals surface area (Å²) in [4.78, 5) is 84.6. The van der Waals surface area contributed by atoms with Crippen molar-refractivity contribution >= 4 is 47.2 Å². The highest BCUT2D eigenvalue weighted by atomic mass is 16.6. The molecule has 0 aliphatic carbocycles. The van der Waals surface area contributed by atoms with Crippen molar-refractivity contribution in [2.24, 2.45) is 11.8 Å². The SMILES string of the molecule is CC(C)C(=O)OCc1ccc(NC(=O)[C@H](C)NC(=O)[C@@H](NC(=O)CNC(=O)CCC(=O)O)C(C)C)cc1CC[C@@H]1O[C@H](C(=O)O)[C@@H](O)[C@H](O)[C@H]1O. The minimum absolute atomic E-state index is 0.0297. The van der Waals surface area contributed by atoms with E-state index in [0.29, 0.717) is 11.1 Å². The molecule has 51 heavy (non-hydrogen) atoms. The molecular weight excluding hydrogens is 676 g/mol. The van der Waals surface area contributed by atoms with Crippen molar-refractivity contribution in [3.63, 3.8) is 0 Å². The topological polar surface area (TPSA) is 287 Å². The zero-order chi connectivity index (χ0) is 38.6. The minimum Gasteiger partial charge on any atom is -0.481 e. The van der Waals surface area contributed by atoms with E-state index in [1.165, 1.54) is 13.0 Å². The van der Waals surface area contributed by atoms with E-state index in [0.717, 1.165) is 0 Å². The Kier molecular flexibility index (Phi) is 16.4. The highest BCUT2D eigenvalue weighted by Gasteiger charge is 2.46. The number of aliphatic carboxylic acids is 2. The molecule has 0 spiro atoms. The van der Waals surface area contributed by atoms with Gasteiger partial charge in [-0.1, -0.05) is 33.8 Å². The van der Waals surface area contributed by atoms with Crippen LogP contribution in [-0.4, -0.2) is 116 Å². The molecule has 18 heteroatoms. The van der Waals surface area contributed by atoms with E-state index in [9.17, 15) is 54.0 Å². The van der Waals surface area contributed by atoms with Gasteiger partial charge in [-0.25, -0.2) is 4.79 Å². The summed E-state index contributed by atoms with van der Waals surface area (Å²) in [7, 11) is 0. The molecule has 1 fully saturated rings. The van der Waals surface area contributed by atoms with Crippen LogP contribution in [0.25, 0.3) is 0 Å². The summed E-state index contributed by atoms with van der Waals surface area (Å²) < 4.78 is 10.7. The summed E-state index contributed by atoms with van der Waals surface area (Å²) in [5.41, 5.74) is 1.31. The fraction of sp³-hybridized carbons (Fsp3) is 0.606. The first-order valence-electron chi connectivity index (χ1n) is 16.4. The first-order chi connectivity index (χ1) is 23.8. The molecule has 1 aromatic rings. The molecule has 1 heterocycles. The van der Waals surface area contributed by atoms with Gasteiger partial charge in [-0.3, -0.25) is 28.8 Å². The van der Waals surface area contributed by atoms with Crippen LogP contribution in [0.1, 0.15) is 65.0 Å². The van der Waals surface area contributed by atoms with Crippen molar-refractivity contribution in [1.82, 2.24) is 16.0 Å². The second-order valence-electron chi connectivity index (χ2n) is 12.9. The van der Waals surface area contributed by atoms with Crippen LogP contribution < -0.4 is 21.3 Å². The van der Waals surface area contributed by atoms with Crippen LogP contribution in [0.3, 0.4) is 0 Å². The Morgan fingerprint density at radius 3 is 2.08 bits per heavy atom. The predicted octanol–water partition coefficient (Wildman–Crippen LogP) is -1.18. The zero-order valence-electron chi connectivity index (χ0n) is 29.1. The maximum Gasteiger partial charge on any atom is 0.335 e. The first kappa shape index (κ1) is 42.5. The standard InChI is InChI=1S/C33H48N4O14/c1-15(2)25(37-23(39)13-34-22(38)10-11-24(40)41)31(46)35-17(5)30(45)36-20-8-6-19(14-50-33(49)16(3)4)18(12-20)7-9-21-26(42)27(43)28(44)29(51-21)32(47)48/h6,8,12,15-17,21,25-29,42-44H,7,9-11,13-14H2,1-5H3,(H,34,38)(H,35,46)(H,36,45)(H,37,39)(H,40,41)(H,47,48)/t17-,21-,25-,26-,27+,28-,29-/m0/s1. The summed E-state index contributed by atoms with van der Waals surface area (Å²) >= 11 is 0. The Morgan fingerprint density at radius 2 is 1.49 bits per heavy atom. The van der Waals surface area contributed by atoms with Crippen molar-refractivity contribution in [2.45, 2.75) is 110 Å². The van der Waals surface area contributed by atoms with Gasteiger partial charge in [0.25, 0.3) is 0 Å². The number of carboxylic acids is 2. The number of aliphatic hydroxyl groups is 3. The van der Waals surface area contributed by atoms with E-state index in [1.807, 2.05) is 0 Å². The Morgan fingerprint density at radius 1 is 0.824 bits per heavy atom. The van der Waals surface area contributed by atoms with Crippen LogP contribution in [0.5, 0.6) is 0 Å². The molecule has 1 aliphatic rings. The zero-order valence-corrected chi connectivity index (χ0v) is 29.1. The molecular formula is C33H48N4O14. The number of amides is 4. The summed E-state index contributed by atoms with van der Waals surface area (Å²) in [6, 6.07) is 2.49. The molecule has 0 radical (unpaired) electrons. The highest BCUT2D eigenvalue weighted by molar-refractivity contribution is 5.98. The number of aliphatic hydroxyl groups excluding tert-OH is 3. The van der Waals surface area contributed by atoms with E-state index < -0.39 is 109 Å². The summed E-state index contributed by atoms with van der Waals surface area (Å²) in [5.74, 6) is -6.66. The normalized spacial score (nSPS) is 21.3. The Labute approximate surface area is 294 Å². The van der Waals surface area contributed by atoms with Gasteiger partial charge >= 0.3 is 17.9 Å². The van der Waals surface area contributed by atoms with Crippen molar-refractivity contribution in [3.05, 3.63) is 29.3 Å². The molecule has 18 nitrogen and oxygen atoms in total. The fourth-order valence-electron chi connectivity index (χ4n) is 4.95. The molecule has 1 aromatic carbocycles. The van der Waals surface area contributed by atoms with Crippen molar-refractivity contribution in [2.75, 3.05) is 11.9 Å². The molecule has 4 amide bonds. The van der Waals surface area contributed by atoms with Crippen LogP contribution in [0.2, 0.25) is 0 Å². The monoisotopic (exact) mass is 724 g/mol. The number of hydrogen-bond donors (Lipinski definition) is 9. The quantitative estimate of drug-likeness (QED) is 0.0806. The van der Waals surface area contributed by atoms with Crippen molar-refractivity contribution in [1.29, 1.82) is 0 Å². The second-order valence-corrected chi connectivity index (χ2v) is 12.9. The summed E-state index contributed by atoms with van der Waals surface area (Å²) in [5, 5.41) is 58.7. The lowest BCUT2D eigenvalue weighted by molar-refractivity contribution is -0.228. The van der Waals surface area contributed by atoms with Gasteiger partial charge < -0.3 is 56.3 Å². The number of ether oxygens (including phenoxy) is 2. The number of anilines is 1. The van der Waals surface area contributed by atoms with Crippen molar-refractivity contribution in [3.8, 4) is 0 Å². The molecule has 0 aromatic heterocycles. The van der Waals surface area contributed by atoms with Gasteiger partial charge in [0.15, 0.2) is 6.10 Å². The van der Waals surface area contributed by atoms with E-state index in [1.54, 1.807) is 39.8 Å². The number of carbonyl (C=O) groups is 7. The number of nitrogens with one attached hydrogen (secondary N) is 4. The van der Waals surface area contributed by atoms with E-state index in [2.05, 4.69) is 21.3 Å². The lowest BCUT2D eigenvalue weighted by Gasteiger charge is -2.39. The fourth-order valence-corrected chi connectivity index (χ4v) is 4.95. The van der Waals surface area contributed by atoms with E-state index in [-0.39, 0.29) is 31.6 Å². The molecule has 1 aliphatic heterocycles. The number of carboxylic acid groups (broad SMARTS) is 2. The average molecular weight is 725 g/mol. The van der Waals surface area contributed by atoms with Gasteiger partial charge in [0.1, 0.15) is 37.0 Å². The van der Waals surface area contributed by atoms with Gasteiger partial charge in [0.2, 0.25) is 23.6 Å². The molecule has 7 atom stereocenters. The highest BCUT2D eigenvalue weighted by Crippen LogP contribution is 2.27. The number of rotatable bonds is 18. The molecule has 284 valence electrons. The molecule has 0 saturated carbocycles. The third-order valence-electron chi connectivity index (χ3n) is 8.00. The maximum absolute atomic E-state index is 13.1. The summed E-state index contributed by atoms with van der Waals surface area (Å²) in [6.07, 6.45) is -8.86. The van der Waals surface area contributed by atoms with Gasteiger partial charge in [0, 0.05) is 12.1 Å². The number of aryl methyl sites for hydroxylation is 1. The lowest BCUT2D eigenvalue weighted by atomic mass is 9.91. The third-order valence-corrected chi connectivity index (χ3v) is 8.00. The largest absolute Gasteiger partial charge is 0.481 e. The van der Waals surface area contributed by atoms with Gasteiger partial charge in [-0.05, 0) is 48.9 Å². The predicted molar refractivity (Wildman–Crippen MR) is 177 cm³/mol. The van der Waals surface area contributed by atoms with Gasteiger partial charge in [-0.15, -0.1) is 0 Å². The lowest BCUT2D eigenvalue weighted by Crippen LogP contribution is -2.59. The number of hydrogen-bond acceptors (Lipinski definition) is 12. The smallest absolute Gasteiger partial charge is 0.335 e. The molecule has 0 bridgehead atoms. The molecule has 9 N–H and O–H groups in total. The van der Waals surface area contributed by atoms with Crippen LogP contribution in [-0.2, 0) is 56.1 Å². The van der Waals surface area contributed by atoms with Crippen LogP contribution in [0.4, 0.5) is 5.69 Å². The Bertz CT molecular complexity index is 1430. The van der Waals surface area contributed by atoms with E-state index >= 15 is 0 Å².